The largest absolute Gasteiger partial charge is 0 e. The minimum Gasteiger partial charge on any atom is 0 e. The van der Waals surface area contributed by atoms with Gasteiger partial charge in [0.25, 0.3) is 0 Å². The maximum atomic E-state index is 9.04. The average molecular weight is 125 g/mol. The third-order valence-corrected chi connectivity index (χ3v) is 0. The van der Waals surface area contributed by atoms with Gasteiger partial charge in [-0.1, -0.05) is 0 Å². The van der Waals surface area contributed by atoms with Crippen LogP contribution in [0.25, 0.3) is 0 Å². The molecule has 25 valence electrons. The second kappa shape index (κ2) is 5.02. The fraction of sp³-hybridized carbons (Fsp3) is 0. The Balaban J connectivity index is 0. The van der Waals surface area contributed by atoms with Crippen molar-refractivity contribution in [2.24, 2.45) is 0 Å². The van der Waals surface area contributed by atoms with Crippen LogP contribution in [0.3, 0.4) is 0 Å². The van der Waals surface area contributed by atoms with Crippen LogP contribution >= 0.6 is 6.10 Å². The minimum atomic E-state index is -2.12. The van der Waals surface area contributed by atoms with Crippen molar-refractivity contribution < 1.29 is 26.2 Å². The van der Waals surface area contributed by atoms with E-state index in [2.05, 4.69) is 0 Å². The summed E-state index contributed by atoms with van der Waals surface area (Å²) in [5, 5.41) is 0. The van der Waals surface area contributed by atoms with E-state index in [0.29, 0.717) is 0 Å². The smallest absolute Gasteiger partial charge is 0 e. The van der Waals surface area contributed by atoms with Gasteiger partial charge in [-0.2, -0.15) is 0 Å². The van der Waals surface area contributed by atoms with Gasteiger partial charge in [0.1, 0.15) is 0 Å². The maximum absolute atomic E-state index is 9.04. The van der Waals surface area contributed by atoms with Crippen LogP contribution in [0, 0.1) is 0 Å². The second-order valence-electron chi connectivity index (χ2n) is 0.440. The van der Waals surface area contributed by atoms with Crippen LogP contribution in [0.5, 0.6) is 0 Å². The second-order valence-corrected chi connectivity index (χ2v) is 1.32. The van der Waals surface area contributed by atoms with Gasteiger partial charge in [0.05, 0.1) is 0 Å². The molecule has 0 aromatic carbocycles. The van der Waals surface area contributed by atoms with Gasteiger partial charge in [-0.05, 0) is 0 Å². The van der Waals surface area contributed by atoms with Crippen LogP contribution < -0.4 is 0 Å². The molecular formula is LiMnO2P. The predicted molar refractivity (Wildman–Crippen MR) is 14.0 cm³/mol. The molecule has 1 radical (unpaired) electrons. The quantitative estimate of drug-likeness (QED) is 0.343. The van der Waals surface area contributed by atoms with E-state index in [0.717, 1.165) is 17.2 Å². The van der Waals surface area contributed by atoms with Crippen LogP contribution in [0.15, 0.2) is 0 Å². The molecular weight excluding hydrogens is 125 g/mol. The van der Waals surface area contributed by atoms with Crippen molar-refractivity contribution in [3.8, 4) is 0 Å². The van der Waals surface area contributed by atoms with E-state index >= 15 is 0 Å². The molecule has 2 nitrogen and oxygen atoms in total. The van der Waals surface area contributed by atoms with Gasteiger partial charge in [-0.3, -0.25) is 0 Å². The Morgan fingerprint density at radius 3 is 1.40 bits per heavy atom. The summed E-state index contributed by atoms with van der Waals surface area (Å²) in [5.41, 5.74) is 0. The van der Waals surface area contributed by atoms with Crippen molar-refractivity contribution in [3.63, 3.8) is 0 Å². The van der Waals surface area contributed by atoms with E-state index in [1.807, 2.05) is 0 Å². The molecule has 0 spiro atoms. The Morgan fingerprint density at radius 2 is 1.40 bits per heavy atom. The zero-order chi connectivity index (χ0) is 3.58. The van der Waals surface area contributed by atoms with Gasteiger partial charge >= 0.3 is 32.5 Å². The van der Waals surface area contributed by atoms with Gasteiger partial charge in [0.15, 0.2) is 0 Å². The van der Waals surface area contributed by atoms with Crippen LogP contribution in [-0.4, -0.2) is 17.2 Å². The third kappa shape index (κ3) is 44.2. The molecule has 0 saturated heterocycles. The molecule has 0 N–H and O–H groups in total. The first-order valence-electron chi connectivity index (χ1n) is 0.812. The van der Waals surface area contributed by atoms with Crippen LogP contribution in [0.4, 0.5) is 0 Å². The van der Waals surface area contributed by atoms with Crippen molar-refractivity contribution in [2.45, 2.75) is 0 Å². The number of rotatable bonds is 0. The average Bonchev–Trinajstić information content (AvgIpc) is 0.811. The Morgan fingerprint density at radius 1 is 1.40 bits per heavy atom. The Bertz CT molecular complexity index is 58.0. The van der Waals surface area contributed by atoms with Crippen molar-refractivity contribution >= 4 is 23.3 Å². The standard InChI is InChI=1S/Li.Mn.O2P/c;;1-3-2. The molecule has 5 heteroatoms. The summed E-state index contributed by atoms with van der Waals surface area (Å²) in [5.74, 6) is 0. The number of hydrogen-bond acceptors (Lipinski definition) is 2. The van der Waals surface area contributed by atoms with Gasteiger partial charge in [-0.25, -0.2) is 0 Å². The van der Waals surface area contributed by atoms with E-state index in [4.69, 9.17) is 9.13 Å². The first-order chi connectivity index (χ1) is 1.73. The molecule has 0 atom stereocenters. The number of hydrogen-bond donors (Lipinski definition) is 0. The van der Waals surface area contributed by atoms with E-state index in [-0.39, 0.29) is 17.1 Å². The van der Waals surface area contributed by atoms with Crippen molar-refractivity contribution in [1.29, 1.82) is 0 Å². The fourth-order valence-electron chi connectivity index (χ4n) is 0. The van der Waals surface area contributed by atoms with Crippen LogP contribution in [0.1, 0.15) is 0 Å². The van der Waals surface area contributed by atoms with Gasteiger partial charge in [0.2, 0.25) is 0 Å². The van der Waals surface area contributed by atoms with Gasteiger partial charge in [-0.15, -0.1) is 0 Å². The summed E-state index contributed by atoms with van der Waals surface area (Å²) in [6.07, 6.45) is -2.12. The van der Waals surface area contributed by atoms with Crippen LogP contribution in [0.2, 0.25) is 0 Å². The molecule has 0 amide bonds. The molecule has 0 aliphatic carbocycles. The van der Waals surface area contributed by atoms with Gasteiger partial charge in [0, 0.05) is 17.1 Å². The van der Waals surface area contributed by atoms with E-state index in [1.165, 1.54) is 0 Å². The Labute approximate surface area is 49.7 Å². The molecule has 0 heterocycles. The zero-order valence-electron chi connectivity index (χ0n) is 2.64. The first-order valence-corrected chi connectivity index (χ1v) is 2.44. The Kier molecular flexibility index (Phi) is 9.42. The monoisotopic (exact) mass is 125 g/mol. The normalized spacial score (nSPS) is 5.20. The molecule has 0 aliphatic rings. The van der Waals surface area contributed by atoms with Crippen LogP contribution in [-0.2, 0) is 26.2 Å². The third-order valence-electron chi connectivity index (χ3n) is 0. The van der Waals surface area contributed by atoms with Crippen molar-refractivity contribution in [2.75, 3.05) is 0 Å². The SMILES string of the molecule is [Li][P](=O)=O.[Mn]. The molecule has 0 unspecified atom stereocenters. The summed E-state index contributed by atoms with van der Waals surface area (Å²) >= 11 is 1.12. The maximum Gasteiger partial charge on any atom is 0 e. The molecule has 0 aliphatic heterocycles. The molecule has 0 aromatic heterocycles. The molecule has 0 rings (SSSR count). The molecule has 0 aromatic rings. The van der Waals surface area contributed by atoms with Crippen molar-refractivity contribution in [3.05, 3.63) is 0 Å². The zero-order valence-corrected chi connectivity index (χ0v) is 4.72. The molecule has 0 saturated carbocycles. The molecule has 0 bridgehead atoms. The summed E-state index contributed by atoms with van der Waals surface area (Å²) in [6.45, 7) is 0. The Hall–Kier alpha value is 1.02. The molecule has 0 fully saturated rings. The predicted octanol–water partition coefficient (Wildman–Crippen LogP) is 0.240. The first kappa shape index (κ1) is 9.39. The topological polar surface area (TPSA) is 34.1 Å². The summed E-state index contributed by atoms with van der Waals surface area (Å²) in [7, 11) is 0. The van der Waals surface area contributed by atoms with E-state index in [1.54, 1.807) is 0 Å². The fourth-order valence-corrected chi connectivity index (χ4v) is 0. The summed E-state index contributed by atoms with van der Waals surface area (Å²) in [4.78, 5) is 0. The molecule has 5 heavy (non-hydrogen) atoms. The summed E-state index contributed by atoms with van der Waals surface area (Å²) < 4.78 is 18.1. The van der Waals surface area contributed by atoms with E-state index in [9.17, 15) is 0 Å². The summed E-state index contributed by atoms with van der Waals surface area (Å²) in [6, 6.07) is 0. The van der Waals surface area contributed by atoms with Crippen molar-refractivity contribution in [1.82, 2.24) is 0 Å². The van der Waals surface area contributed by atoms with Gasteiger partial charge < -0.3 is 0 Å². The van der Waals surface area contributed by atoms with E-state index < -0.39 is 6.10 Å². The minimum absolute atomic E-state index is 0.